The number of aromatic hydroxyl groups is 1. The molecule has 1 unspecified atom stereocenters. The van der Waals surface area contributed by atoms with Crippen molar-refractivity contribution in [3.63, 3.8) is 0 Å². The second kappa shape index (κ2) is 9.04. The summed E-state index contributed by atoms with van der Waals surface area (Å²) in [4.78, 5) is 0. The van der Waals surface area contributed by atoms with Crippen LogP contribution in [0.4, 0.5) is 0 Å². The van der Waals surface area contributed by atoms with Crippen LogP contribution in [-0.4, -0.2) is 5.11 Å². The first-order chi connectivity index (χ1) is 15.8. The minimum Gasteiger partial charge on any atom is -0.508 e. The highest BCUT2D eigenvalue weighted by molar-refractivity contribution is 5.65. The first-order valence-electron chi connectivity index (χ1n) is 11.8. The van der Waals surface area contributed by atoms with E-state index in [9.17, 15) is 5.11 Å². The Balaban J connectivity index is 1.72. The van der Waals surface area contributed by atoms with Crippen LogP contribution in [0, 0.1) is 5.92 Å². The maximum Gasteiger partial charge on any atom is 0.115 e. The molecule has 1 N–H and O–H groups in total. The maximum atomic E-state index is 10.0. The molecule has 0 saturated heterocycles. The Kier molecular flexibility index (Phi) is 5.81. The Morgan fingerprint density at radius 1 is 0.500 bits per heavy atom. The number of rotatable bonds is 5. The molecule has 1 aliphatic rings. The summed E-state index contributed by atoms with van der Waals surface area (Å²) in [6.45, 7) is 0. The molecule has 160 valence electrons. The lowest BCUT2D eigenvalue weighted by molar-refractivity contribution is 0.271. The van der Waals surface area contributed by atoms with Gasteiger partial charge in [-0.3, -0.25) is 0 Å². The quantitative estimate of drug-likeness (QED) is 0.326. The SMILES string of the molecule is Oc1ccc(C(c2ccccc2)(c2ccc(-c3ccccc3)cc2)C2CCCCC2)cc1. The van der Waals surface area contributed by atoms with Gasteiger partial charge in [-0.05, 0) is 58.7 Å². The summed E-state index contributed by atoms with van der Waals surface area (Å²) < 4.78 is 0. The second-order valence-electron chi connectivity index (χ2n) is 9.00. The molecule has 1 heteroatoms. The van der Waals surface area contributed by atoms with Gasteiger partial charge in [0.25, 0.3) is 0 Å². The second-order valence-corrected chi connectivity index (χ2v) is 9.00. The van der Waals surface area contributed by atoms with Gasteiger partial charge in [0.1, 0.15) is 5.75 Å². The van der Waals surface area contributed by atoms with Crippen LogP contribution in [0.15, 0.2) is 109 Å². The van der Waals surface area contributed by atoms with E-state index < -0.39 is 0 Å². The highest BCUT2D eigenvalue weighted by Gasteiger charge is 2.43. The van der Waals surface area contributed by atoms with Crippen LogP contribution in [0.1, 0.15) is 48.8 Å². The summed E-state index contributed by atoms with van der Waals surface area (Å²) >= 11 is 0. The molecule has 0 bridgehead atoms. The number of benzene rings is 4. The summed E-state index contributed by atoms with van der Waals surface area (Å²) in [5.41, 5.74) is 6.19. The van der Waals surface area contributed by atoms with Gasteiger partial charge in [-0.2, -0.15) is 0 Å². The number of hydrogen-bond acceptors (Lipinski definition) is 1. The van der Waals surface area contributed by atoms with Crippen molar-refractivity contribution in [2.75, 3.05) is 0 Å². The van der Waals surface area contributed by atoms with Crippen molar-refractivity contribution in [3.05, 3.63) is 126 Å². The zero-order valence-corrected chi connectivity index (χ0v) is 18.5. The fraction of sp³-hybridized carbons (Fsp3) is 0.226. The van der Waals surface area contributed by atoms with E-state index in [1.54, 1.807) is 0 Å². The number of phenols is 1. The van der Waals surface area contributed by atoms with Gasteiger partial charge in [0.15, 0.2) is 0 Å². The molecule has 0 aliphatic heterocycles. The standard InChI is InChI=1S/C31H30O/c32-30-22-20-29(21-23-30)31(26-12-6-2-7-13-26,27-14-8-3-9-15-27)28-18-16-25(17-19-28)24-10-4-1-5-11-24/h1-2,4-7,10-13,16-23,27,32H,3,8-9,14-15H2. The molecule has 1 nitrogen and oxygen atoms in total. The van der Waals surface area contributed by atoms with Crippen LogP contribution >= 0.6 is 0 Å². The predicted molar refractivity (Wildman–Crippen MR) is 133 cm³/mol. The molecule has 4 aromatic rings. The molecule has 1 atom stereocenters. The van der Waals surface area contributed by atoms with Crippen molar-refractivity contribution in [2.24, 2.45) is 5.92 Å². The van der Waals surface area contributed by atoms with Crippen LogP contribution in [0.3, 0.4) is 0 Å². The molecule has 0 spiro atoms. The van der Waals surface area contributed by atoms with Gasteiger partial charge in [0.05, 0.1) is 0 Å². The molecule has 1 aliphatic carbocycles. The molecule has 0 aromatic heterocycles. The minimum atomic E-state index is -0.232. The van der Waals surface area contributed by atoms with E-state index in [1.807, 2.05) is 12.1 Å². The average Bonchev–Trinajstić information content (AvgIpc) is 2.88. The summed E-state index contributed by atoms with van der Waals surface area (Å²) in [5.74, 6) is 0.838. The zero-order valence-electron chi connectivity index (χ0n) is 18.5. The fourth-order valence-corrected chi connectivity index (χ4v) is 5.72. The molecule has 0 radical (unpaired) electrons. The van der Waals surface area contributed by atoms with Crippen LogP contribution in [0.5, 0.6) is 5.75 Å². The molecular formula is C31H30O. The third-order valence-corrected chi connectivity index (χ3v) is 7.22. The molecule has 32 heavy (non-hydrogen) atoms. The van der Waals surface area contributed by atoms with Gasteiger partial charge in [0.2, 0.25) is 0 Å². The maximum absolute atomic E-state index is 10.0. The third-order valence-electron chi connectivity index (χ3n) is 7.22. The molecule has 1 saturated carbocycles. The van der Waals surface area contributed by atoms with Gasteiger partial charge in [-0.1, -0.05) is 116 Å². The first-order valence-corrected chi connectivity index (χ1v) is 11.8. The lowest BCUT2D eigenvalue weighted by atomic mass is 9.58. The third kappa shape index (κ3) is 3.73. The average molecular weight is 419 g/mol. The number of hydrogen-bond donors (Lipinski definition) is 1. The van der Waals surface area contributed by atoms with Gasteiger partial charge in [0, 0.05) is 5.41 Å². The van der Waals surface area contributed by atoms with E-state index in [2.05, 4.69) is 97.1 Å². The van der Waals surface area contributed by atoms with Crippen LogP contribution < -0.4 is 0 Å². The van der Waals surface area contributed by atoms with Gasteiger partial charge >= 0.3 is 0 Å². The Hall–Kier alpha value is -3.32. The van der Waals surface area contributed by atoms with Crippen LogP contribution in [-0.2, 0) is 5.41 Å². The largest absolute Gasteiger partial charge is 0.508 e. The topological polar surface area (TPSA) is 20.2 Å². The molecule has 0 amide bonds. The van der Waals surface area contributed by atoms with E-state index in [4.69, 9.17) is 0 Å². The normalized spacial score (nSPS) is 16.4. The minimum absolute atomic E-state index is 0.232. The fourth-order valence-electron chi connectivity index (χ4n) is 5.72. The van der Waals surface area contributed by atoms with E-state index in [0.29, 0.717) is 11.7 Å². The van der Waals surface area contributed by atoms with Gasteiger partial charge in [-0.15, -0.1) is 0 Å². The molecular weight excluding hydrogens is 388 g/mol. The predicted octanol–water partition coefficient (Wildman–Crippen LogP) is 7.97. The van der Waals surface area contributed by atoms with Crippen molar-refractivity contribution >= 4 is 0 Å². The summed E-state index contributed by atoms with van der Waals surface area (Å²) in [5, 5.41) is 10.0. The first kappa shape index (κ1) is 20.6. The van der Waals surface area contributed by atoms with Crippen molar-refractivity contribution in [2.45, 2.75) is 37.5 Å². The molecule has 4 aromatic carbocycles. The van der Waals surface area contributed by atoms with Crippen LogP contribution in [0.2, 0.25) is 0 Å². The Bertz CT molecular complexity index is 1120. The Labute approximate surface area is 191 Å². The van der Waals surface area contributed by atoms with Crippen molar-refractivity contribution in [3.8, 4) is 16.9 Å². The highest BCUT2D eigenvalue weighted by atomic mass is 16.3. The summed E-state index contributed by atoms with van der Waals surface area (Å²) in [7, 11) is 0. The van der Waals surface area contributed by atoms with Crippen molar-refractivity contribution < 1.29 is 5.11 Å². The zero-order chi connectivity index (χ0) is 21.8. The monoisotopic (exact) mass is 418 g/mol. The summed E-state index contributed by atoms with van der Waals surface area (Å²) in [6, 6.07) is 38.7. The Morgan fingerprint density at radius 3 is 1.56 bits per heavy atom. The summed E-state index contributed by atoms with van der Waals surface area (Å²) in [6.07, 6.45) is 6.31. The van der Waals surface area contributed by atoms with Crippen molar-refractivity contribution in [1.29, 1.82) is 0 Å². The van der Waals surface area contributed by atoms with E-state index in [0.717, 1.165) is 0 Å². The van der Waals surface area contributed by atoms with Gasteiger partial charge in [-0.25, -0.2) is 0 Å². The van der Waals surface area contributed by atoms with Crippen LogP contribution in [0.25, 0.3) is 11.1 Å². The lowest BCUT2D eigenvalue weighted by Crippen LogP contribution is -2.39. The number of phenolic OH excluding ortho intramolecular Hbond substituents is 1. The molecule has 5 rings (SSSR count). The molecule has 0 heterocycles. The van der Waals surface area contributed by atoms with E-state index in [-0.39, 0.29) is 5.41 Å². The molecule has 1 fully saturated rings. The van der Waals surface area contributed by atoms with Crippen molar-refractivity contribution in [1.82, 2.24) is 0 Å². The van der Waals surface area contributed by atoms with E-state index >= 15 is 0 Å². The smallest absolute Gasteiger partial charge is 0.115 e. The Morgan fingerprint density at radius 2 is 0.969 bits per heavy atom. The highest BCUT2D eigenvalue weighted by Crippen LogP contribution is 2.50. The van der Waals surface area contributed by atoms with Gasteiger partial charge < -0.3 is 5.11 Å². The van der Waals surface area contributed by atoms with E-state index in [1.165, 1.54) is 59.9 Å². The lowest BCUT2D eigenvalue weighted by Gasteiger charge is -2.44.